The van der Waals surface area contributed by atoms with E-state index in [-0.39, 0.29) is 22.6 Å². The second-order valence-corrected chi connectivity index (χ2v) is 8.33. The summed E-state index contributed by atoms with van der Waals surface area (Å²) >= 11 is 11.1. The van der Waals surface area contributed by atoms with E-state index in [1.54, 1.807) is 6.07 Å². The molecule has 0 amide bonds. The van der Waals surface area contributed by atoms with Gasteiger partial charge in [0.25, 0.3) is 0 Å². The molecule has 0 aromatic heterocycles. The van der Waals surface area contributed by atoms with Crippen molar-refractivity contribution in [2.45, 2.75) is 25.8 Å². The van der Waals surface area contributed by atoms with E-state index in [9.17, 15) is 12.8 Å². The average molecular weight is 365 g/mol. The quantitative estimate of drug-likeness (QED) is 0.832. The highest BCUT2D eigenvalue weighted by Gasteiger charge is 2.33. The van der Waals surface area contributed by atoms with Gasteiger partial charge in [-0.15, -0.1) is 0 Å². The summed E-state index contributed by atoms with van der Waals surface area (Å²) in [5.74, 6) is -0.174. The first-order valence-corrected chi connectivity index (χ1v) is 9.66. The molecule has 0 bridgehead atoms. The fourth-order valence-electron chi connectivity index (χ4n) is 2.48. The Labute approximate surface area is 140 Å². The highest BCUT2D eigenvalue weighted by Crippen LogP contribution is 2.22. The van der Waals surface area contributed by atoms with Gasteiger partial charge in [-0.05, 0) is 43.3 Å². The van der Waals surface area contributed by atoms with Crippen molar-refractivity contribution in [3.8, 4) is 0 Å². The molecule has 1 aromatic carbocycles. The van der Waals surface area contributed by atoms with Crippen LogP contribution in [0.3, 0.4) is 0 Å². The predicted octanol–water partition coefficient (Wildman–Crippen LogP) is 3.08. The maximum absolute atomic E-state index is 13.2. The van der Waals surface area contributed by atoms with Gasteiger partial charge in [0.1, 0.15) is 5.82 Å². The fourth-order valence-corrected chi connectivity index (χ4v) is 4.75. The van der Waals surface area contributed by atoms with Crippen molar-refractivity contribution in [3.05, 3.63) is 29.0 Å². The van der Waals surface area contributed by atoms with Crippen LogP contribution in [-0.2, 0) is 9.84 Å². The van der Waals surface area contributed by atoms with Crippen molar-refractivity contribution < 1.29 is 12.8 Å². The second kappa shape index (κ2) is 7.10. The van der Waals surface area contributed by atoms with Crippen molar-refractivity contribution in [3.63, 3.8) is 0 Å². The van der Waals surface area contributed by atoms with E-state index in [0.29, 0.717) is 23.8 Å². The summed E-state index contributed by atoms with van der Waals surface area (Å²) in [5, 5.41) is 3.46. The van der Waals surface area contributed by atoms with Crippen LogP contribution in [0.5, 0.6) is 0 Å². The van der Waals surface area contributed by atoms with Gasteiger partial charge in [0.15, 0.2) is 14.9 Å². The zero-order valence-corrected chi connectivity index (χ0v) is 14.6. The smallest absolute Gasteiger partial charge is 0.173 e. The molecule has 1 aliphatic heterocycles. The van der Waals surface area contributed by atoms with Crippen molar-refractivity contribution in [1.82, 2.24) is 4.90 Å². The molecule has 0 spiro atoms. The van der Waals surface area contributed by atoms with Gasteiger partial charge < -0.3 is 10.2 Å². The van der Waals surface area contributed by atoms with Crippen LogP contribution in [0, 0.1) is 5.82 Å². The Bertz CT molecular complexity index is 667. The van der Waals surface area contributed by atoms with E-state index in [2.05, 4.69) is 5.32 Å². The molecule has 1 heterocycles. The summed E-state index contributed by atoms with van der Waals surface area (Å²) in [5.41, 5.74) is 0.582. The topological polar surface area (TPSA) is 49.4 Å². The number of sulfone groups is 1. The molecule has 4 nitrogen and oxygen atoms in total. The van der Waals surface area contributed by atoms with Crippen molar-refractivity contribution >= 4 is 44.5 Å². The minimum atomic E-state index is -2.98. The molecule has 1 atom stereocenters. The van der Waals surface area contributed by atoms with Crippen molar-refractivity contribution in [2.24, 2.45) is 0 Å². The van der Waals surface area contributed by atoms with Crippen molar-refractivity contribution in [2.75, 3.05) is 23.4 Å². The standard InChI is InChI=1S/C14H18ClFN2O2S2/c1-2-6-18(11-5-7-22(19,20)9-11)14(21)17-10-3-4-13(16)12(15)8-10/h3-4,8,11H,2,5-7,9H2,1H3,(H,17,21)/t11-/m0/s1. The molecule has 1 saturated heterocycles. The molecular weight excluding hydrogens is 347 g/mol. The number of hydrogen-bond acceptors (Lipinski definition) is 3. The first-order valence-electron chi connectivity index (χ1n) is 7.05. The van der Waals surface area contributed by atoms with Gasteiger partial charge in [0.2, 0.25) is 0 Å². The van der Waals surface area contributed by atoms with Crippen molar-refractivity contribution in [1.29, 1.82) is 0 Å². The minimum absolute atomic E-state index is 0.0123. The average Bonchev–Trinajstić information content (AvgIpc) is 2.80. The number of nitrogens with zero attached hydrogens (tertiary/aromatic N) is 1. The van der Waals surface area contributed by atoms with Gasteiger partial charge >= 0.3 is 0 Å². The molecular formula is C14H18ClFN2O2S2. The molecule has 1 fully saturated rings. The Balaban J connectivity index is 2.11. The predicted molar refractivity (Wildman–Crippen MR) is 91.7 cm³/mol. The van der Waals surface area contributed by atoms with E-state index < -0.39 is 15.7 Å². The lowest BCUT2D eigenvalue weighted by Crippen LogP contribution is -2.43. The largest absolute Gasteiger partial charge is 0.345 e. The number of anilines is 1. The summed E-state index contributed by atoms with van der Waals surface area (Å²) in [6.07, 6.45) is 1.43. The van der Waals surface area contributed by atoms with E-state index in [0.717, 1.165) is 6.42 Å². The van der Waals surface area contributed by atoms with Gasteiger partial charge in [-0.25, -0.2) is 12.8 Å². The number of nitrogens with one attached hydrogen (secondary N) is 1. The van der Waals surface area contributed by atoms with Crippen LogP contribution in [0.25, 0.3) is 0 Å². The molecule has 122 valence electrons. The molecule has 0 radical (unpaired) electrons. The highest BCUT2D eigenvalue weighted by atomic mass is 35.5. The number of hydrogen-bond donors (Lipinski definition) is 1. The number of benzene rings is 1. The van der Waals surface area contributed by atoms with E-state index >= 15 is 0 Å². The van der Waals surface area contributed by atoms with Crippen LogP contribution in [0.2, 0.25) is 5.02 Å². The Morgan fingerprint density at radius 3 is 2.82 bits per heavy atom. The monoisotopic (exact) mass is 364 g/mol. The SMILES string of the molecule is CCCN(C(=S)Nc1ccc(F)c(Cl)c1)[C@H]1CCS(=O)(=O)C1. The first-order chi connectivity index (χ1) is 10.3. The fraction of sp³-hybridized carbons (Fsp3) is 0.500. The van der Waals surface area contributed by atoms with Gasteiger partial charge in [-0.1, -0.05) is 18.5 Å². The highest BCUT2D eigenvalue weighted by molar-refractivity contribution is 7.91. The summed E-state index contributed by atoms with van der Waals surface area (Å²) in [6, 6.07) is 4.15. The Kier molecular flexibility index (Phi) is 5.63. The third-order valence-electron chi connectivity index (χ3n) is 3.55. The normalized spacial score (nSPS) is 19.9. The summed E-state index contributed by atoms with van der Waals surface area (Å²) < 4.78 is 36.5. The zero-order chi connectivity index (χ0) is 16.3. The lowest BCUT2D eigenvalue weighted by atomic mass is 10.2. The molecule has 0 saturated carbocycles. The summed E-state index contributed by atoms with van der Waals surface area (Å²) in [6.45, 7) is 2.68. The minimum Gasteiger partial charge on any atom is -0.345 e. The number of rotatable bonds is 4. The second-order valence-electron chi connectivity index (χ2n) is 5.31. The Hall–Kier alpha value is -0.920. The van der Waals surface area contributed by atoms with Gasteiger partial charge in [0.05, 0.1) is 16.5 Å². The van der Waals surface area contributed by atoms with Crippen LogP contribution >= 0.6 is 23.8 Å². The molecule has 2 rings (SSSR count). The molecule has 1 aromatic rings. The molecule has 1 aliphatic rings. The number of halogens is 2. The summed E-state index contributed by atoms with van der Waals surface area (Å²) in [7, 11) is -2.98. The molecule has 0 unspecified atom stereocenters. The maximum Gasteiger partial charge on any atom is 0.173 e. The first kappa shape index (κ1) is 17.4. The van der Waals surface area contributed by atoms with Crippen LogP contribution in [-0.4, -0.2) is 42.5 Å². The molecule has 22 heavy (non-hydrogen) atoms. The Morgan fingerprint density at radius 1 is 1.55 bits per heavy atom. The van der Waals surface area contributed by atoms with Crippen LogP contribution in [0.1, 0.15) is 19.8 Å². The van der Waals surface area contributed by atoms with E-state index in [1.807, 2.05) is 11.8 Å². The maximum atomic E-state index is 13.2. The third kappa shape index (κ3) is 4.30. The lowest BCUT2D eigenvalue weighted by molar-refractivity contribution is 0.339. The van der Waals surface area contributed by atoms with Gasteiger partial charge in [0, 0.05) is 18.3 Å². The number of thiocarbonyl (C=S) groups is 1. The molecule has 8 heteroatoms. The van der Waals surface area contributed by atoms with E-state index in [4.69, 9.17) is 23.8 Å². The summed E-state index contributed by atoms with van der Waals surface area (Å²) in [4.78, 5) is 1.90. The third-order valence-corrected chi connectivity index (χ3v) is 5.92. The van der Waals surface area contributed by atoms with Crippen LogP contribution in [0.4, 0.5) is 10.1 Å². The Morgan fingerprint density at radius 2 is 2.27 bits per heavy atom. The zero-order valence-electron chi connectivity index (χ0n) is 12.2. The van der Waals surface area contributed by atoms with Gasteiger partial charge in [-0.3, -0.25) is 0 Å². The van der Waals surface area contributed by atoms with Crippen LogP contribution < -0.4 is 5.32 Å². The molecule has 1 N–H and O–H groups in total. The lowest BCUT2D eigenvalue weighted by Gasteiger charge is -2.30. The van der Waals surface area contributed by atoms with Crippen LogP contribution in [0.15, 0.2) is 18.2 Å². The van der Waals surface area contributed by atoms with Gasteiger partial charge in [-0.2, -0.15) is 0 Å². The molecule has 0 aliphatic carbocycles. The van der Waals surface area contributed by atoms with E-state index in [1.165, 1.54) is 12.1 Å².